The van der Waals surface area contributed by atoms with E-state index in [4.69, 9.17) is 0 Å². The number of pyridine rings is 1. The molecule has 120 valence electrons. The minimum Gasteiger partial charge on any atom is -0.350 e. The van der Waals surface area contributed by atoms with Crippen molar-refractivity contribution in [2.24, 2.45) is 0 Å². The van der Waals surface area contributed by atoms with Crippen molar-refractivity contribution in [2.75, 3.05) is 13.1 Å². The number of halogens is 4. The molecule has 4 nitrogen and oxygen atoms in total. The SMILES string of the molecule is CCN[C@H](C)CNC(=O)c1ccc(C(F)(F)F)nc1C.Cl. The van der Waals surface area contributed by atoms with Gasteiger partial charge in [-0.1, -0.05) is 6.92 Å². The molecule has 1 rings (SSSR count). The van der Waals surface area contributed by atoms with E-state index < -0.39 is 17.8 Å². The summed E-state index contributed by atoms with van der Waals surface area (Å²) in [5.41, 5.74) is -0.775. The lowest BCUT2D eigenvalue weighted by atomic mass is 10.1. The number of amides is 1. The van der Waals surface area contributed by atoms with Crippen LogP contribution in [-0.4, -0.2) is 30.0 Å². The number of aromatic nitrogens is 1. The largest absolute Gasteiger partial charge is 0.433 e. The third-order valence-electron chi connectivity index (χ3n) is 2.74. The van der Waals surface area contributed by atoms with E-state index in [-0.39, 0.29) is 29.7 Å². The Morgan fingerprint density at radius 1 is 1.38 bits per heavy atom. The molecule has 21 heavy (non-hydrogen) atoms. The maximum absolute atomic E-state index is 12.5. The van der Waals surface area contributed by atoms with Crippen molar-refractivity contribution in [3.8, 4) is 0 Å². The Kier molecular flexibility index (Phi) is 7.67. The van der Waals surface area contributed by atoms with Gasteiger partial charge in [0, 0.05) is 12.6 Å². The second-order valence-electron chi connectivity index (χ2n) is 4.50. The van der Waals surface area contributed by atoms with Crippen LogP contribution in [0.3, 0.4) is 0 Å². The second kappa shape index (κ2) is 8.19. The maximum Gasteiger partial charge on any atom is 0.433 e. The molecule has 1 aromatic heterocycles. The van der Waals surface area contributed by atoms with Gasteiger partial charge in [-0.05, 0) is 32.5 Å². The number of nitrogens with one attached hydrogen (secondary N) is 2. The average Bonchev–Trinajstić information content (AvgIpc) is 2.35. The molecule has 0 aliphatic rings. The highest BCUT2D eigenvalue weighted by molar-refractivity contribution is 5.95. The molecular weight excluding hydrogens is 307 g/mol. The molecule has 0 unspecified atom stereocenters. The van der Waals surface area contributed by atoms with Crippen molar-refractivity contribution in [2.45, 2.75) is 33.0 Å². The Balaban J connectivity index is 0.00000400. The predicted molar refractivity (Wildman–Crippen MR) is 76.7 cm³/mol. The fraction of sp³-hybridized carbons (Fsp3) is 0.538. The van der Waals surface area contributed by atoms with Gasteiger partial charge >= 0.3 is 6.18 Å². The standard InChI is InChI=1S/C13H18F3N3O.ClH/c1-4-17-8(2)7-18-12(20)10-5-6-11(13(14,15)16)19-9(10)3;/h5-6,8,17H,4,7H2,1-3H3,(H,18,20);1H/t8-;/m1./s1. The number of hydrogen-bond donors (Lipinski definition) is 2. The zero-order valence-electron chi connectivity index (χ0n) is 12.0. The van der Waals surface area contributed by atoms with Crippen LogP contribution in [0, 0.1) is 6.92 Å². The van der Waals surface area contributed by atoms with Gasteiger partial charge in [-0.25, -0.2) is 4.98 Å². The van der Waals surface area contributed by atoms with Gasteiger partial charge in [0.05, 0.1) is 11.3 Å². The lowest BCUT2D eigenvalue weighted by Gasteiger charge is -2.14. The number of aryl methyl sites for hydroxylation is 1. The number of carbonyl (C=O) groups excluding carboxylic acids is 1. The van der Waals surface area contributed by atoms with Gasteiger partial charge in [0.2, 0.25) is 0 Å². The molecule has 0 saturated carbocycles. The van der Waals surface area contributed by atoms with Crippen LogP contribution in [0.25, 0.3) is 0 Å². The minimum atomic E-state index is -4.50. The van der Waals surface area contributed by atoms with E-state index in [0.29, 0.717) is 6.54 Å². The number of alkyl halides is 3. The Morgan fingerprint density at radius 2 is 2.00 bits per heavy atom. The van der Waals surface area contributed by atoms with Gasteiger partial charge in [0.1, 0.15) is 5.69 Å². The Hall–Kier alpha value is -1.34. The van der Waals surface area contributed by atoms with E-state index in [1.54, 1.807) is 0 Å². The third kappa shape index (κ3) is 5.89. The first-order valence-corrected chi connectivity index (χ1v) is 6.32. The average molecular weight is 326 g/mol. The molecule has 1 aromatic rings. The van der Waals surface area contributed by atoms with Crippen molar-refractivity contribution in [1.82, 2.24) is 15.6 Å². The lowest BCUT2D eigenvalue weighted by Crippen LogP contribution is -2.39. The van der Waals surface area contributed by atoms with Crippen molar-refractivity contribution in [1.29, 1.82) is 0 Å². The molecule has 0 aromatic carbocycles. The van der Waals surface area contributed by atoms with Gasteiger partial charge in [-0.2, -0.15) is 13.2 Å². The number of carbonyl (C=O) groups is 1. The molecule has 0 bridgehead atoms. The maximum atomic E-state index is 12.5. The zero-order valence-corrected chi connectivity index (χ0v) is 12.9. The topological polar surface area (TPSA) is 54.0 Å². The summed E-state index contributed by atoms with van der Waals surface area (Å²) >= 11 is 0. The third-order valence-corrected chi connectivity index (χ3v) is 2.74. The van der Waals surface area contributed by atoms with Crippen molar-refractivity contribution >= 4 is 18.3 Å². The summed E-state index contributed by atoms with van der Waals surface area (Å²) < 4.78 is 37.4. The summed E-state index contributed by atoms with van der Waals surface area (Å²) in [7, 11) is 0. The normalized spacial score (nSPS) is 12.5. The fourth-order valence-electron chi connectivity index (χ4n) is 1.72. The zero-order chi connectivity index (χ0) is 15.3. The van der Waals surface area contributed by atoms with Crippen molar-refractivity contribution in [3.05, 3.63) is 29.1 Å². The van der Waals surface area contributed by atoms with Gasteiger partial charge < -0.3 is 10.6 Å². The minimum absolute atomic E-state index is 0. The van der Waals surface area contributed by atoms with Crippen LogP contribution in [0.15, 0.2) is 12.1 Å². The van der Waals surface area contributed by atoms with Gasteiger partial charge in [-0.15, -0.1) is 12.4 Å². The molecule has 0 fully saturated rings. The summed E-state index contributed by atoms with van der Waals surface area (Å²) in [6.07, 6.45) is -4.50. The van der Waals surface area contributed by atoms with Crippen molar-refractivity contribution in [3.63, 3.8) is 0 Å². The lowest BCUT2D eigenvalue weighted by molar-refractivity contribution is -0.141. The molecule has 0 aliphatic heterocycles. The Bertz CT molecular complexity index is 480. The fourth-order valence-corrected chi connectivity index (χ4v) is 1.72. The number of nitrogens with zero attached hydrogens (tertiary/aromatic N) is 1. The first-order valence-electron chi connectivity index (χ1n) is 6.32. The van der Waals surface area contributed by atoms with Crippen molar-refractivity contribution < 1.29 is 18.0 Å². The highest BCUT2D eigenvalue weighted by atomic mass is 35.5. The Labute approximate surface area is 127 Å². The van der Waals surface area contributed by atoms with Crippen LogP contribution in [0.5, 0.6) is 0 Å². The molecule has 8 heteroatoms. The van der Waals surface area contributed by atoms with E-state index in [2.05, 4.69) is 15.6 Å². The molecule has 1 heterocycles. The number of likely N-dealkylation sites (N-methyl/N-ethyl adjacent to an activating group) is 1. The molecule has 0 radical (unpaired) electrons. The van der Waals surface area contributed by atoms with E-state index in [1.165, 1.54) is 6.92 Å². The molecule has 0 saturated heterocycles. The van der Waals surface area contributed by atoms with E-state index in [0.717, 1.165) is 18.7 Å². The molecule has 0 aliphatic carbocycles. The summed E-state index contributed by atoms with van der Waals surface area (Å²) in [4.78, 5) is 15.3. The molecule has 1 atom stereocenters. The van der Waals surface area contributed by atoms with Crippen LogP contribution in [0.1, 0.15) is 35.6 Å². The summed E-state index contributed by atoms with van der Waals surface area (Å²) in [6, 6.07) is 2.06. The summed E-state index contributed by atoms with van der Waals surface area (Å²) in [6.45, 7) is 6.41. The van der Waals surface area contributed by atoms with Crippen LogP contribution >= 0.6 is 12.4 Å². The number of hydrogen-bond acceptors (Lipinski definition) is 3. The smallest absolute Gasteiger partial charge is 0.350 e. The van der Waals surface area contributed by atoms with Crippen LogP contribution < -0.4 is 10.6 Å². The number of rotatable bonds is 5. The molecule has 2 N–H and O–H groups in total. The van der Waals surface area contributed by atoms with Crippen LogP contribution in [0.2, 0.25) is 0 Å². The first kappa shape index (κ1) is 19.7. The quantitative estimate of drug-likeness (QED) is 0.875. The molecule has 0 spiro atoms. The highest BCUT2D eigenvalue weighted by Gasteiger charge is 2.33. The highest BCUT2D eigenvalue weighted by Crippen LogP contribution is 2.28. The van der Waals surface area contributed by atoms with Gasteiger partial charge in [0.15, 0.2) is 0 Å². The molecule has 1 amide bonds. The van der Waals surface area contributed by atoms with Crippen LogP contribution in [-0.2, 0) is 6.18 Å². The first-order chi connectivity index (χ1) is 9.25. The predicted octanol–water partition coefficient (Wildman–Crippen LogP) is 2.56. The van der Waals surface area contributed by atoms with Gasteiger partial charge in [0.25, 0.3) is 5.91 Å². The monoisotopic (exact) mass is 325 g/mol. The summed E-state index contributed by atoms with van der Waals surface area (Å²) in [5.74, 6) is -0.423. The Morgan fingerprint density at radius 3 is 2.48 bits per heavy atom. The summed E-state index contributed by atoms with van der Waals surface area (Å²) in [5, 5.41) is 5.78. The van der Waals surface area contributed by atoms with E-state index >= 15 is 0 Å². The second-order valence-corrected chi connectivity index (χ2v) is 4.50. The van der Waals surface area contributed by atoms with Crippen LogP contribution in [0.4, 0.5) is 13.2 Å². The van der Waals surface area contributed by atoms with E-state index in [9.17, 15) is 18.0 Å². The molecular formula is C13H19ClF3N3O. The van der Waals surface area contributed by atoms with Gasteiger partial charge in [-0.3, -0.25) is 4.79 Å². The van der Waals surface area contributed by atoms with E-state index in [1.807, 2.05) is 13.8 Å².